The molecule has 1 aliphatic rings. The molecule has 3 rings (SSSR count). The minimum Gasteiger partial charge on any atom is -0.504 e. The quantitative estimate of drug-likeness (QED) is 0.616. The van der Waals surface area contributed by atoms with Crippen LogP contribution >= 0.6 is 0 Å². The maximum Gasteiger partial charge on any atom is 0.166 e. The second-order valence-electron chi connectivity index (χ2n) is 7.23. The van der Waals surface area contributed by atoms with Crippen molar-refractivity contribution in [3.05, 3.63) is 47.5 Å². The van der Waals surface area contributed by atoms with Crippen LogP contribution in [0.3, 0.4) is 0 Å². The molecule has 0 spiro atoms. The van der Waals surface area contributed by atoms with Gasteiger partial charge in [0.1, 0.15) is 0 Å². The van der Waals surface area contributed by atoms with E-state index in [0.717, 1.165) is 25.7 Å². The predicted molar refractivity (Wildman–Crippen MR) is 120 cm³/mol. The number of aromatic hydroxyl groups is 2. The van der Waals surface area contributed by atoms with Crippen molar-refractivity contribution in [2.75, 3.05) is 13.2 Å². The van der Waals surface area contributed by atoms with E-state index in [1.54, 1.807) is 24.6 Å². The second-order valence-corrected chi connectivity index (χ2v) is 7.23. The number of hydrogen-bond acceptors (Lipinski definition) is 6. The molecular weight excluding hydrogens is 380 g/mol. The fourth-order valence-corrected chi connectivity index (χ4v) is 3.62. The summed E-state index contributed by atoms with van der Waals surface area (Å²) < 4.78 is 10.9. The van der Waals surface area contributed by atoms with Gasteiger partial charge in [-0.3, -0.25) is 9.98 Å². The molecule has 2 atom stereocenters. The number of para-hydroxylation sites is 2. The molecule has 2 aromatic carbocycles. The highest BCUT2D eigenvalue weighted by Crippen LogP contribution is 2.31. The molecule has 0 aromatic heterocycles. The van der Waals surface area contributed by atoms with Gasteiger partial charge in [-0.15, -0.1) is 0 Å². The van der Waals surface area contributed by atoms with Gasteiger partial charge in [0.2, 0.25) is 0 Å². The fraction of sp³-hybridized carbons (Fsp3) is 0.417. The van der Waals surface area contributed by atoms with Crippen LogP contribution in [0.4, 0.5) is 0 Å². The first-order valence-corrected chi connectivity index (χ1v) is 10.6. The van der Waals surface area contributed by atoms with Gasteiger partial charge in [0.15, 0.2) is 23.0 Å². The number of hydrogen-bond donors (Lipinski definition) is 2. The fourth-order valence-electron chi connectivity index (χ4n) is 3.62. The third-order valence-corrected chi connectivity index (χ3v) is 5.16. The molecule has 1 aliphatic carbocycles. The molecule has 2 N–H and O–H groups in total. The Bertz CT molecular complexity index is 821. The van der Waals surface area contributed by atoms with Gasteiger partial charge in [-0.05, 0) is 51.0 Å². The average Bonchev–Trinajstić information content (AvgIpc) is 2.76. The zero-order chi connectivity index (χ0) is 21.3. The first-order chi connectivity index (χ1) is 14.6. The molecule has 0 bridgehead atoms. The number of ether oxygens (including phenoxy) is 2. The summed E-state index contributed by atoms with van der Waals surface area (Å²) in [5, 5.41) is 20.8. The number of rotatable bonds is 8. The highest BCUT2D eigenvalue weighted by Gasteiger charge is 2.23. The lowest BCUT2D eigenvalue weighted by atomic mass is 9.91. The van der Waals surface area contributed by atoms with Crippen molar-refractivity contribution in [2.45, 2.75) is 51.6 Å². The van der Waals surface area contributed by atoms with Crippen molar-refractivity contribution in [3.8, 4) is 23.0 Å². The van der Waals surface area contributed by atoms with Gasteiger partial charge in [0, 0.05) is 23.6 Å². The van der Waals surface area contributed by atoms with Crippen molar-refractivity contribution < 1.29 is 19.7 Å². The summed E-state index contributed by atoms with van der Waals surface area (Å²) in [6, 6.07) is 10.9. The molecule has 0 aliphatic heterocycles. The van der Waals surface area contributed by atoms with Crippen molar-refractivity contribution in [3.63, 3.8) is 0 Å². The van der Waals surface area contributed by atoms with Crippen molar-refractivity contribution in [1.82, 2.24) is 0 Å². The van der Waals surface area contributed by atoms with Gasteiger partial charge in [0.05, 0.1) is 25.3 Å². The van der Waals surface area contributed by atoms with Gasteiger partial charge in [0.25, 0.3) is 0 Å². The summed E-state index contributed by atoms with van der Waals surface area (Å²) >= 11 is 0. The molecule has 2 aromatic rings. The number of nitrogens with zero attached hydrogens (tertiary/aromatic N) is 2. The highest BCUT2D eigenvalue weighted by atomic mass is 16.5. The summed E-state index contributed by atoms with van der Waals surface area (Å²) in [6.45, 7) is 4.75. The molecule has 1 fully saturated rings. The van der Waals surface area contributed by atoms with Crippen LogP contribution in [-0.2, 0) is 0 Å². The molecule has 0 heterocycles. The van der Waals surface area contributed by atoms with Gasteiger partial charge < -0.3 is 19.7 Å². The smallest absolute Gasteiger partial charge is 0.166 e. The molecule has 1 unspecified atom stereocenters. The molecule has 6 nitrogen and oxygen atoms in total. The first kappa shape index (κ1) is 21.7. The van der Waals surface area contributed by atoms with Gasteiger partial charge in [-0.2, -0.15) is 0 Å². The van der Waals surface area contributed by atoms with Gasteiger partial charge in [-0.1, -0.05) is 25.0 Å². The van der Waals surface area contributed by atoms with E-state index in [1.165, 1.54) is 0 Å². The van der Waals surface area contributed by atoms with Gasteiger partial charge in [-0.25, -0.2) is 0 Å². The first-order valence-electron chi connectivity index (χ1n) is 10.6. The van der Waals surface area contributed by atoms with E-state index in [2.05, 4.69) is 0 Å². The second kappa shape index (κ2) is 10.7. The summed E-state index contributed by atoms with van der Waals surface area (Å²) in [7, 11) is 0. The Balaban J connectivity index is 1.76. The molecule has 30 heavy (non-hydrogen) atoms. The number of phenols is 2. The van der Waals surface area contributed by atoms with E-state index in [0.29, 0.717) is 35.8 Å². The molecule has 0 radical (unpaired) electrons. The summed E-state index contributed by atoms with van der Waals surface area (Å²) in [5.41, 5.74) is 1.27. The Labute approximate surface area is 177 Å². The third kappa shape index (κ3) is 5.32. The maximum absolute atomic E-state index is 10.4. The molecule has 160 valence electrons. The van der Waals surface area contributed by atoms with E-state index in [1.807, 2.05) is 38.1 Å². The van der Waals surface area contributed by atoms with Crippen LogP contribution in [-0.4, -0.2) is 47.9 Å². The molecule has 6 heteroatoms. The zero-order valence-corrected chi connectivity index (χ0v) is 17.6. The normalized spacial score (nSPS) is 19.4. The van der Waals surface area contributed by atoms with Crippen LogP contribution in [0.25, 0.3) is 0 Å². The number of aliphatic imine (C=N–C) groups is 2. The van der Waals surface area contributed by atoms with Gasteiger partial charge >= 0.3 is 0 Å². The summed E-state index contributed by atoms with van der Waals surface area (Å²) in [5.74, 6) is 1.14. The van der Waals surface area contributed by atoms with E-state index >= 15 is 0 Å². The Hall–Kier alpha value is -3.02. The van der Waals surface area contributed by atoms with Crippen LogP contribution in [0.2, 0.25) is 0 Å². The number of phenolic OH excluding ortho intramolecular Hbond substituents is 2. The SMILES string of the molecule is CCOc1cccc(C=NC2CCCC[C@H]2N=Cc2cccc(OCC)c2O)c1O. The lowest BCUT2D eigenvalue weighted by Gasteiger charge is -2.25. The molecular formula is C24H30N2O4. The van der Waals surface area contributed by atoms with E-state index in [9.17, 15) is 10.2 Å². The third-order valence-electron chi connectivity index (χ3n) is 5.16. The van der Waals surface area contributed by atoms with E-state index in [4.69, 9.17) is 19.5 Å². The molecule has 0 amide bonds. The maximum atomic E-state index is 10.4. The van der Waals surface area contributed by atoms with Crippen LogP contribution < -0.4 is 9.47 Å². The minimum absolute atomic E-state index is 0.0300. The van der Waals surface area contributed by atoms with Crippen LogP contribution in [0.1, 0.15) is 50.7 Å². The molecule has 1 saturated carbocycles. The van der Waals surface area contributed by atoms with Crippen LogP contribution in [0, 0.1) is 0 Å². The zero-order valence-electron chi connectivity index (χ0n) is 17.6. The predicted octanol–water partition coefficient (Wildman–Crippen LogP) is 4.74. The average molecular weight is 411 g/mol. The Morgan fingerprint density at radius 3 is 1.63 bits per heavy atom. The Morgan fingerprint density at radius 2 is 1.23 bits per heavy atom. The van der Waals surface area contributed by atoms with Crippen molar-refractivity contribution in [2.24, 2.45) is 9.98 Å². The van der Waals surface area contributed by atoms with E-state index in [-0.39, 0.29) is 23.6 Å². The number of benzene rings is 2. The van der Waals surface area contributed by atoms with Crippen molar-refractivity contribution >= 4 is 12.4 Å². The standard InChI is InChI=1S/C24H30N2O4/c1-3-29-21-13-7-9-17(23(21)27)15-25-19-11-5-6-12-20(19)26-16-18-10-8-14-22(24(18)28)30-4-2/h7-10,13-16,19-20,27-28H,3-6,11-12H2,1-2H3/t19-,20?/m1/s1. The summed E-state index contributed by atoms with van der Waals surface area (Å²) in [6.07, 6.45) is 7.51. The largest absolute Gasteiger partial charge is 0.504 e. The Kier molecular flexibility index (Phi) is 7.71. The van der Waals surface area contributed by atoms with Crippen LogP contribution in [0.15, 0.2) is 46.4 Å². The minimum atomic E-state index is 0.0300. The van der Waals surface area contributed by atoms with E-state index < -0.39 is 0 Å². The monoisotopic (exact) mass is 410 g/mol. The highest BCUT2D eigenvalue weighted by molar-refractivity contribution is 5.86. The molecule has 0 saturated heterocycles. The van der Waals surface area contributed by atoms with Crippen LogP contribution in [0.5, 0.6) is 23.0 Å². The van der Waals surface area contributed by atoms with Crippen molar-refractivity contribution in [1.29, 1.82) is 0 Å². The lowest BCUT2D eigenvalue weighted by molar-refractivity contribution is 0.318. The lowest BCUT2D eigenvalue weighted by Crippen LogP contribution is -2.27. The summed E-state index contributed by atoms with van der Waals surface area (Å²) in [4.78, 5) is 9.47. The Morgan fingerprint density at radius 1 is 0.800 bits per heavy atom. The topological polar surface area (TPSA) is 83.6 Å².